The van der Waals surface area contributed by atoms with Crippen molar-refractivity contribution in [3.05, 3.63) is 0 Å². The SMILES string of the molecule is COCCNC(=O)[C@H](CC(C)C)NC(=O)C(C)N. The van der Waals surface area contributed by atoms with Crippen LogP contribution in [0.5, 0.6) is 0 Å². The topological polar surface area (TPSA) is 93.5 Å². The fourth-order valence-corrected chi connectivity index (χ4v) is 1.41. The van der Waals surface area contributed by atoms with Crippen molar-refractivity contribution in [3.8, 4) is 0 Å². The zero-order chi connectivity index (χ0) is 14.1. The van der Waals surface area contributed by atoms with Crippen LogP contribution in [0.4, 0.5) is 0 Å². The summed E-state index contributed by atoms with van der Waals surface area (Å²) in [5, 5.41) is 5.37. The Morgan fingerprint density at radius 2 is 1.83 bits per heavy atom. The van der Waals surface area contributed by atoms with Gasteiger partial charge in [-0.25, -0.2) is 0 Å². The second-order valence-corrected chi connectivity index (χ2v) is 4.76. The summed E-state index contributed by atoms with van der Waals surface area (Å²) in [5.41, 5.74) is 5.47. The number of methoxy groups -OCH3 is 1. The summed E-state index contributed by atoms with van der Waals surface area (Å²) in [5.74, 6) is -0.214. The van der Waals surface area contributed by atoms with E-state index in [1.165, 1.54) is 0 Å². The van der Waals surface area contributed by atoms with Crippen LogP contribution in [0.2, 0.25) is 0 Å². The predicted molar refractivity (Wildman–Crippen MR) is 69.9 cm³/mol. The van der Waals surface area contributed by atoms with Gasteiger partial charge < -0.3 is 21.1 Å². The van der Waals surface area contributed by atoms with Gasteiger partial charge in [0.2, 0.25) is 11.8 Å². The lowest BCUT2D eigenvalue weighted by molar-refractivity contribution is -0.129. The number of carbonyl (C=O) groups excluding carboxylic acids is 2. The second kappa shape index (κ2) is 8.88. The zero-order valence-electron chi connectivity index (χ0n) is 11.7. The van der Waals surface area contributed by atoms with Crippen molar-refractivity contribution in [2.45, 2.75) is 39.3 Å². The van der Waals surface area contributed by atoms with Crippen molar-refractivity contribution in [2.24, 2.45) is 11.7 Å². The quantitative estimate of drug-likeness (QED) is 0.518. The molecule has 0 saturated heterocycles. The molecule has 2 atom stereocenters. The molecule has 0 bridgehead atoms. The largest absolute Gasteiger partial charge is 0.383 e. The highest BCUT2D eigenvalue weighted by Gasteiger charge is 2.22. The number of carbonyl (C=O) groups is 2. The van der Waals surface area contributed by atoms with Gasteiger partial charge in [0.05, 0.1) is 12.6 Å². The van der Waals surface area contributed by atoms with Crippen LogP contribution >= 0.6 is 0 Å². The van der Waals surface area contributed by atoms with Crippen LogP contribution in [0.1, 0.15) is 27.2 Å². The highest BCUT2D eigenvalue weighted by Crippen LogP contribution is 2.05. The molecule has 0 aromatic carbocycles. The average Bonchev–Trinajstić information content (AvgIpc) is 2.27. The third kappa shape index (κ3) is 7.24. The molecule has 0 aliphatic carbocycles. The minimum Gasteiger partial charge on any atom is -0.383 e. The maximum Gasteiger partial charge on any atom is 0.242 e. The summed E-state index contributed by atoms with van der Waals surface area (Å²) < 4.78 is 4.85. The highest BCUT2D eigenvalue weighted by molar-refractivity contribution is 5.89. The van der Waals surface area contributed by atoms with Crippen LogP contribution in [0.25, 0.3) is 0 Å². The normalized spacial score (nSPS) is 14.1. The van der Waals surface area contributed by atoms with E-state index >= 15 is 0 Å². The first kappa shape index (κ1) is 16.9. The molecule has 2 amide bonds. The van der Waals surface area contributed by atoms with Gasteiger partial charge in [0, 0.05) is 13.7 Å². The molecule has 6 heteroatoms. The van der Waals surface area contributed by atoms with Crippen molar-refractivity contribution in [1.82, 2.24) is 10.6 Å². The van der Waals surface area contributed by atoms with Crippen molar-refractivity contribution in [1.29, 1.82) is 0 Å². The van der Waals surface area contributed by atoms with E-state index in [2.05, 4.69) is 10.6 Å². The van der Waals surface area contributed by atoms with Crippen molar-refractivity contribution >= 4 is 11.8 Å². The fourth-order valence-electron chi connectivity index (χ4n) is 1.41. The number of hydrogen-bond acceptors (Lipinski definition) is 4. The molecule has 0 radical (unpaired) electrons. The number of nitrogens with two attached hydrogens (primary N) is 1. The number of ether oxygens (including phenoxy) is 1. The van der Waals surface area contributed by atoms with E-state index in [4.69, 9.17) is 10.5 Å². The Morgan fingerprint density at radius 3 is 2.28 bits per heavy atom. The Bertz CT molecular complexity index is 267. The van der Waals surface area contributed by atoms with Crippen molar-refractivity contribution in [2.75, 3.05) is 20.3 Å². The number of amides is 2. The Morgan fingerprint density at radius 1 is 1.22 bits per heavy atom. The van der Waals surface area contributed by atoms with Crippen molar-refractivity contribution < 1.29 is 14.3 Å². The van der Waals surface area contributed by atoms with Crippen LogP contribution in [-0.2, 0) is 14.3 Å². The van der Waals surface area contributed by atoms with Gasteiger partial charge in [0.15, 0.2) is 0 Å². The molecular formula is C12H25N3O3. The van der Waals surface area contributed by atoms with E-state index in [1.807, 2.05) is 13.8 Å². The first-order valence-electron chi connectivity index (χ1n) is 6.21. The first-order valence-corrected chi connectivity index (χ1v) is 6.21. The summed E-state index contributed by atoms with van der Waals surface area (Å²) in [6.07, 6.45) is 0.581. The van der Waals surface area contributed by atoms with Crippen LogP contribution in [0.15, 0.2) is 0 Å². The summed E-state index contributed by atoms with van der Waals surface area (Å²) >= 11 is 0. The molecule has 4 N–H and O–H groups in total. The third-order valence-corrected chi connectivity index (χ3v) is 2.36. The Hall–Kier alpha value is -1.14. The van der Waals surface area contributed by atoms with Gasteiger partial charge in [-0.15, -0.1) is 0 Å². The van der Waals surface area contributed by atoms with Gasteiger partial charge >= 0.3 is 0 Å². The number of nitrogens with one attached hydrogen (secondary N) is 2. The summed E-state index contributed by atoms with van der Waals surface area (Å²) in [6, 6.07) is -1.16. The standard InChI is InChI=1S/C12H25N3O3/c1-8(2)7-10(15-11(16)9(3)13)12(17)14-5-6-18-4/h8-10H,5-7,13H2,1-4H3,(H,14,17)(H,15,16)/t9?,10-/m0/s1. The molecule has 0 aromatic heterocycles. The molecule has 18 heavy (non-hydrogen) atoms. The lowest BCUT2D eigenvalue weighted by atomic mass is 10.0. The van der Waals surface area contributed by atoms with Gasteiger partial charge in [-0.1, -0.05) is 13.8 Å². The Kier molecular flexibility index (Phi) is 8.32. The van der Waals surface area contributed by atoms with Gasteiger partial charge in [0.25, 0.3) is 0 Å². The van der Waals surface area contributed by atoms with E-state index in [9.17, 15) is 9.59 Å². The smallest absolute Gasteiger partial charge is 0.242 e. The lowest BCUT2D eigenvalue weighted by Crippen LogP contribution is -2.51. The van der Waals surface area contributed by atoms with E-state index in [0.717, 1.165) is 0 Å². The Labute approximate surface area is 109 Å². The predicted octanol–water partition coefficient (Wildman–Crippen LogP) is -0.373. The first-order chi connectivity index (χ1) is 8.38. The molecule has 0 heterocycles. The van der Waals surface area contributed by atoms with Crippen LogP contribution < -0.4 is 16.4 Å². The van der Waals surface area contributed by atoms with Gasteiger partial charge in [0.1, 0.15) is 6.04 Å². The maximum absolute atomic E-state index is 11.9. The van der Waals surface area contributed by atoms with E-state index < -0.39 is 12.1 Å². The third-order valence-electron chi connectivity index (χ3n) is 2.36. The molecule has 6 nitrogen and oxygen atoms in total. The van der Waals surface area contributed by atoms with Gasteiger partial charge in [-0.05, 0) is 19.3 Å². The van der Waals surface area contributed by atoms with E-state index in [-0.39, 0.29) is 11.8 Å². The molecule has 0 aliphatic heterocycles. The van der Waals surface area contributed by atoms with Gasteiger partial charge in [-0.3, -0.25) is 9.59 Å². The average molecular weight is 259 g/mol. The fraction of sp³-hybridized carbons (Fsp3) is 0.833. The molecule has 1 unspecified atom stereocenters. The molecule has 0 saturated carbocycles. The minimum absolute atomic E-state index is 0.199. The molecule has 0 aromatic rings. The number of hydrogen-bond donors (Lipinski definition) is 3. The second-order valence-electron chi connectivity index (χ2n) is 4.76. The molecule has 0 fully saturated rings. The summed E-state index contributed by atoms with van der Waals surface area (Å²) in [6.45, 7) is 6.45. The van der Waals surface area contributed by atoms with E-state index in [0.29, 0.717) is 25.5 Å². The van der Waals surface area contributed by atoms with Crippen LogP contribution in [0.3, 0.4) is 0 Å². The maximum atomic E-state index is 11.9. The van der Waals surface area contributed by atoms with E-state index in [1.54, 1.807) is 14.0 Å². The minimum atomic E-state index is -0.619. The number of rotatable bonds is 8. The van der Waals surface area contributed by atoms with Crippen molar-refractivity contribution in [3.63, 3.8) is 0 Å². The molecule has 0 aliphatic rings. The van der Waals surface area contributed by atoms with Crippen LogP contribution in [0, 0.1) is 5.92 Å². The summed E-state index contributed by atoms with van der Waals surface area (Å²) in [7, 11) is 1.57. The molecular weight excluding hydrogens is 234 g/mol. The lowest BCUT2D eigenvalue weighted by Gasteiger charge is -2.21. The molecule has 106 valence electrons. The highest BCUT2D eigenvalue weighted by atomic mass is 16.5. The molecule has 0 spiro atoms. The van der Waals surface area contributed by atoms with Gasteiger partial charge in [-0.2, -0.15) is 0 Å². The van der Waals surface area contributed by atoms with Crippen LogP contribution in [-0.4, -0.2) is 44.2 Å². The zero-order valence-corrected chi connectivity index (χ0v) is 11.7. The summed E-state index contributed by atoms with van der Waals surface area (Å²) in [4.78, 5) is 23.4. The monoisotopic (exact) mass is 259 g/mol. The molecule has 0 rings (SSSR count). The Balaban J connectivity index is 4.37.